The molecule has 6 nitrogen and oxygen atoms in total. The highest BCUT2D eigenvalue weighted by molar-refractivity contribution is 5.78. The molecule has 6 heteroatoms. The van der Waals surface area contributed by atoms with Crippen molar-refractivity contribution < 1.29 is 9.53 Å². The average molecular weight is 340 g/mol. The van der Waals surface area contributed by atoms with E-state index in [9.17, 15) is 4.79 Å². The van der Waals surface area contributed by atoms with Crippen molar-refractivity contribution in [1.29, 1.82) is 0 Å². The number of aromatic amines is 1. The number of piperidine rings is 1. The third kappa shape index (κ3) is 3.83. The lowest BCUT2D eigenvalue weighted by Gasteiger charge is -2.31. The van der Waals surface area contributed by atoms with Crippen LogP contribution in [0.3, 0.4) is 0 Å². The van der Waals surface area contributed by atoms with Gasteiger partial charge in [-0.15, -0.1) is 0 Å². The van der Waals surface area contributed by atoms with Crippen molar-refractivity contribution in [2.75, 3.05) is 19.7 Å². The molecule has 1 aromatic heterocycles. The summed E-state index contributed by atoms with van der Waals surface area (Å²) in [6.07, 6.45) is 4.43. The number of hydrogen-bond donors (Lipinski definition) is 1. The molecule has 1 saturated heterocycles. The van der Waals surface area contributed by atoms with Crippen molar-refractivity contribution in [3.8, 4) is 5.75 Å². The van der Waals surface area contributed by atoms with Gasteiger partial charge in [0, 0.05) is 24.9 Å². The highest BCUT2D eigenvalue weighted by atomic mass is 16.5. The largest absolute Gasteiger partial charge is 0.484 e. The molecule has 0 bridgehead atoms. The molecule has 1 N–H and O–H groups in total. The summed E-state index contributed by atoms with van der Waals surface area (Å²) < 4.78 is 5.66. The van der Waals surface area contributed by atoms with Gasteiger partial charge in [-0.1, -0.05) is 12.1 Å². The second kappa shape index (κ2) is 6.86. The van der Waals surface area contributed by atoms with Gasteiger partial charge in [0.15, 0.2) is 12.4 Å². The van der Waals surface area contributed by atoms with E-state index in [2.05, 4.69) is 15.2 Å². The summed E-state index contributed by atoms with van der Waals surface area (Å²) in [5.74, 6) is 3.44. The van der Waals surface area contributed by atoms with Crippen LogP contribution in [-0.4, -0.2) is 45.7 Å². The molecular formula is C19H24N4O2. The maximum Gasteiger partial charge on any atom is 0.260 e. The first kappa shape index (κ1) is 16.1. The number of amides is 1. The lowest BCUT2D eigenvalue weighted by Crippen LogP contribution is -2.41. The maximum absolute atomic E-state index is 12.5. The Hall–Kier alpha value is -2.37. The zero-order chi connectivity index (χ0) is 17.2. The van der Waals surface area contributed by atoms with Gasteiger partial charge in [-0.05, 0) is 50.3 Å². The fraction of sp³-hybridized carbons (Fsp3) is 0.526. The number of aromatic nitrogens is 3. The Kier molecular flexibility index (Phi) is 4.42. The number of hydrogen-bond acceptors (Lipinski definition) is 4. The molecule has 1 amide bonds. The number of carbonyl (C=O) groups is 1. The van der Waals surface area contributed by atoms with Crippen molar-refractivity contribution in [3.63, 3.8) is 0 Å². The fourth-order valence-electron chi connectivity index (χ4n) is 3.37. The number of benzene rings is 1. The normalized spacial score (nSPS) is 20.5. The fourth-order valence-corrected chi connectivity index (χ4v) is 3.37. The molecule has 0 spiro atoms. The minimum absolute atomic E-state index is 0.0316. The Morgan fingerprint density at radius 2 is 2.20 bits per heavy atom. The van der Waals surface area contributed by atoms with Crippen LogP contribution in [0.15, 0.2) is 24.3 Å². The van der Waals surface area contributed by atoms with E-state index < -0.39 is 0 Å². The lowest BCUT2D eigenvalue weighted by molar-refractivity contribution is -0.134. The molecule has 2 aliphatic rings. The van der Waals surface area contributed by atoms with Crippen LogP contribution in [-0.2, 0) is 4.79 Å². The van der Waals surface area contributed by atoms with Crippen LogP contribution in [0.1, 0.15) is 54.7 Å². The van der Waals surface area contributed by atoms with Gasteiger partial charge >= 0.3 is 0 Å². The van der Waals surface area contributed by atoms with Crippen molar-refractivity contribution >= 4 is 5.91 Å². The molecule has 1 saturated carbocycles. The molecule has 1 aliphatic heterocycles. The topological polar surface area (TPSA) is 71.1 Å². The molecule has 2 heterocycles. The smallest absolute Gasteiger partial charge is 0.260 e. The molecule has 25 heavy (non-hydrogen) atoms. The van der Waals surface area contributed by atoms with Crippen LogP contribution in [0, 0.1) is 6.92 Å². The first-order valence-electron chi connectivity index (χ1n) is 9.08. The monoisotopic (exact) mass is 340 g/mol. The number of rotatable bonds is 5. The van der Waals surface area contributed by atoms with Crippen LogP contribution in [0.5, 0.6) is 5.75 Å². The number of nitrogens with zero attached hydrogens (tertiary/aromatic N) is 3. The highest BCUT2D eigenvalue weighted by Crippen LogP contribution is 2.38. The number of ether oxygens (including phenoxy) is 1. The Labute approximate surface area is 147 Å². The predicted molar refractivity (Wildman–Crippen MR) is 93.6 cm³/mol. The number of carbonyl (C=O) groups excluding carboxylic acids is 1. The molecule has 4 rings (SSSR count). The maximum atomic E-state index is 12.5. The molecule has 2 aromatic rings. The Bertz CT molecular complexity index is 753. The second-order valence-electron chi connectivity index (χ2n) is 7.14. The quantitative estimate of drug-likeness (QED) is 0.908. The molecular weight excluding hydrogens is 316 g/mol. The first-order valence-corrected chi connectivity index (χ1v) is 9.08. The number of likely N-dealkylation sites (tertiary alicyclic amines) is 1. The van der Waals surface area contributed by atoms with Crippen molar-refractivity contribution in [2.45, 2.75) is 44.4 Å². The Morgan fingerprint density at radius 1 is 1.32 bits per heavy atom. The van der Waals surface area contributed by atoms with E-state index in [1.165, 1.54) is 12.8 Å². The third-order valence-electron chi connectivity index (χ3n) is 4.98. The summed E-state index contributed by atoms with van der Waals surface area (Å²) in [4.78, 5) is 19.1. The van der Waals surface area contributed by atoms with E-state index in [4.69, 9.17) is 4.74 Å². The van der Waals surface area contributed by atoms with E-state index in [-0.39, 0.29) is 18.4 Å². The van der Waals surface area contributed by atoms with Gasteiger partial charge < -0.3 is 9.64 Å². The second-order valence-corrected chi connectivity index (χ2v) is 7.14. The van der Waals surface area contributed by atoms with Gasteiger partial charge in [0.1, 0.15) is 11.6 Å². The van der Waals surface area contributed by atoms with Crippen LogP contribution in [0.2, 0.25) is 0 Å². The van der Waals surface area contributed by atoms with Gasteiger partial charge in [0.25, 0.3) is 5.91 Å². The van der Waals surface area contributed by atoms with Crippen LogP contribution < -0.4 is 4.74 Å². The molecule has 1 atom stereocenters. The van der Waals surface area contributed by atoms with E-state index in [0.29, 0.717) is 12.5 Å². The Morgan fingerprint density at radius 3 is 3.00 bits per heavy atom. The highest BCUT2D eigenvalue weighted by Gasteiger charge is 2.31. The average Bonchev–Trinajstić information content (AvgIpc) is 3.37. The van der Waals surface area contributed by atoms with Crippen molar-refractivity contribution in [1.82, 2.24) is 20.1 Å². The van der Waals surface area contributed by atoms with Crippen molar-refractivity contribution in [2.24, 2.45) is 0 Å². The summed E-state index contributed by atoms with van der Waals surface area (Å²) in [5.41, 5.74) is 1.12. The van der Waals surface area contributed by atoms with Gasteiger partial charge in [0.05, 0.1) is 0 Å². The van der Waals surface area contributed by atoms with E-state index in [1.54, 1.807) is 0 Å². The summed E-state index contributed by atoms with van der Waals surface area (Å²) in [7, 11) is 0. The first-order chi connectivity index (χ1) is 12.2. The summed E-state index contributed by atoms with van der Waals surface area (Å²) >= 11 is 0. The lowest BCUT2D eigenvalue weighted by atomic mass is 9.97. The molecule has 132 valence electrons. The number of nitrogens with one attached hydrogen (secondary N) is 1. The zero-order valence-corrected chi connectivity index (χ0v) is 14.6. The SMILES string of the molecule is Cc1cccc(OCC(=O)N2CCCC(c3n[nH]c(C4CC4)n3)C2)c1. The van der Waals surface area contributed by atoms with Crippen LogP contribution in [0.25, 0.3) is 0 Å². The third-order valence-corrected chi connectivity index (χ3v) is 4.98. The van der Waals surface area contributed by atoms with Crippen LogP contribution >= 0.6 is 0 Å². The minimum atomic E-state index is 0.0316. The van der Waals surface area contributed by atoms with E-state index in [1.807, 2.05) is 36.1 Å². The van der Waals surface area contributed by atoms with E-state index >= 15 is 0 Å². The van der Waals surface area contributed by atoms with Gasteiger partial charge in [0.2, 0.25) is 0 Å². The molecule has 0 radical (unpaired) electrons. The number of aryl methyl sites for hydroxylation is 1. The van der Waals surface area contributed by atoms with Crippen molar-refractivity contribution in [3.05, 3.63) is 41.5 Å². The molecule has 1 aromatic carbocycles. The van der Waals surface area contributed by atoms with Gasteiger partial charge in [-0.3, -0.25) is 9.89 Å². The molecule has 2 fully saturated rings. The number of H-pyrrole nitrogens is 1. The minimum Gasteiger partial charge on any atom is -0.484 e. The molecule has 1 aliphatic carbocycles. The molecule has 1 unspecified atom stereocenters. The van der Waals surface area contributed by atoms with E-state index in [0.717, 1.165) is 42.3 Å². The summed E-state index contributed by atoms with van der Waals surface area (Å²) in [6.45, 7) is 3.55. The summed E-state index contributed by atoms with van der Waals surface area (Å²) in [6, 6.07) is 7.77. The Balaban J connectivity index is 1.34. The van der Waals surface area contributed by atoms with Gasteiger partial charge in [-0.25, -0.2) is 4.98 Å². The zero-order valence-electron chi connectivity index (χ0n) is 14.6. The summed E-state index contributed by atoms with van der Waals surface area (Å²) in [5, 5.41) is 7.46. The standard InChI is InChI=1S/C19H24N4O2/c1-13-4-2-6-16(10-13)25-12-17(24)23-9-3-5-15(11-23)19-20-18(21-22-19)14-7-8-14/h2,4,6,10,14-15H,3,5,7-9,11-12H2,1H3,(H,20,21,22). The van der Waals surface area contributed by atoms with Crippen LogP contribution in [0.4, 0.5) is 0 Å². The van der Waals surface area contributed by atoms with Gasteiger partial charge in [-0.2, -0.15) is 5.10 Å². The predicted octanol–water partition coefficient (Wildman–Crippen LogP) is 2.78.